The number of carbonyl (C=O) groups is 3. The van der Waals surface area contributed by atoms with Gasteiger partial charge in [0.05, 0.1) is 29.6 Å². The second-order valence-corrected chi connectivity index (χ2v) is 9.55. The molecule has 0 saturated heterocycles. The van der Waals surface area contributed by atoms with Crippen molar-refractivity contribution in [2.75, 3.05) is 16.3 Å². The van der Waals surface area contributed by atoms with E-state index in [1.807, 2.05) is 30.3 Å². The monoisotopic (exact) mass is 463 g/mol. The third kappa shape index (κ3) is 4.78. The quantitative estimate of drug-likeness (QED) is 0.544. The molecule has 3 amide bonds. The van der Waals surface area contributed by atoms with Gasteiger partial charge in [-0.2, -0.15) is 0 Å². The van der Waals surface area contributed by atoms with Gasteiger partial charge < -0.3 is 5.32 Å². The Balaban J connectivity index is 1.55. The minimum Gasteiger partial charge on any atom is -0.322 e. The Morgan fingerprint density at radius 2 is 1.61 bits per heavy atom. The van der Waals surface area contributed by atoms with Gasteiger partial charge in [-0.3, -0.25) is 24.0 Å². The first kappa shape index (κ1) is 22.2. The number of nitrogens with one attached hydrogen (secondary N) is 2. The highest BCUT2D eigenvalue weighted by Crippen LogP contribution is 2.27. The molecule has 0 aliphatic carbocycles. The lowest BCUT2D eigenvalue weighted by Gasteiger charge is -2.13. The van der Waals surface area contributed by atoms with Crippen LogP contribution < -0.4 is 10.0 Å². The Labute approximate surface area is 191 Å². The van der Waals surface area contributed by atoms with Gasteiger partial charge in [-0.25, -0.2) is 8.42 Å². The number of nitrogens with zero attached hydrogens (tertiary/aromatic N) is 1. The van der Waals surface area contributed by atoms with Crippen molar-refractivity contribution >= 4 is 39.1 Å². The SMILES string of the molecule is Cc1ccc(NC(=O)c2ccc3c(c2)C(=O)N(Cc2ccccc2)C3=O)cc1NS(C)(=O)=O. The number of hydrogen-bond donors (Lipinski definition) is 2. The Hall–Kier alpha value is -3.98. The predicted molar refractivity (Wildman–Crippen MR) is 125 cm³/mol. The molecule has 0 bridgehead atoms. The van der Waals surface area contributed by atoms with Crippen LogP contribution in [0.5, 0.6) is 0 Å². The fourth-order valence-corrected chi connectivity index (χ4v) is 4.17. The van der Waals surface area contributed by atoms with Crippen molar-refractivity contribution in [1.29, 1.82) is 0 Å². The molecular formula is C24H21N3O5S. The van der Waals surface area contributed by atoms with Gasteiger partial charge >= 0.3 is 0 Å². The summed E-state index contributed by atoms with van der Waals surface area (Å²) in [6.45, 7) is 1.89. The predicted octanol–water partition coefficient (Wildman–Crippen LogP) is 3.42. The molecule has 1 heterocycles. The maximum atomic E-state index is 12.9. The molecule has 0 spiro atoms. The lowest BCUT2D eigenvalue weighted by molar-refractivity contribution is 0.0642. The minimum atomic E-state index is -3.48. The highest BCUT2D eigenvalue weighted by atomic mass is 32.2. The molecule has 4 rings (SSSR count). The summed E-state index contributed by atoms with van der Waals surface area (Å²) in [6.07, 6.45) is 1.04. The first-order valence-corrected chi connectivity index (χ1v) is 12.0. The Morgan fingerprint density at radius 3 is 2.30 bits per heavy atom. The summed E-state index contributed by atoms with van der Waals surface area (Å²) in [4.78, 5) is 39.5. The van der Waals surface area contributed by atoms with Crippen LogP contribution in [0, 0.1) is 6.92 Å². The molecule has 0 aromatic heterocycles. The van der Waals surface area contributed by atoms with E-state index in [4.69, 9.17) is 0 Å². The molecule has 0 saturated carbocycles. The third-order valence-electron chi connectivity index (χ3n) is 5.21. The Kier molecular flexibility index (Phi) is 5.73. The molecule has 3 aromatic carbocycles. The third-order valence-corrected chi connectivity index (χ3v) is 5.80. The molecule has 33 heavy (non-hydrogen) atoms. The molecular weight excluding hydrogens is 442 g/mol. The Morgan fingerprint density at radius 1 is 0.909 bits per heavy atom. The maximum Gasteiger partial charge on any atom is 0.261 e. The van der Waals surface area contributed by atoms with Crippen LogP contribution in [0.25, 0.3) is 0 Å². The fourth-order valence-electron chi connectivity index (χ4n) is 3.55. The van der Waals surface area contributed by atoms with Crippen LogP contribution in [-0.2, 0) is 16.6 Å². The molecule has 0 radical (unpaired) electrons. The smallest absolute Gasteiger partial charge is 0.261 e. The fraction of sp³-hybridized carbons (Fsp3) is 0.125. The molecule has 0 unspecified atom stereocenters. The average Bonchev–Trinajstić information content (AvgIpc) is 3.00. The molecule has 2 N–H and O–H groups in total. The van der Waals surface area contributed by atoms with Gasteiger partial charge in [0.25, 0.3) is 17.7 Å². The summed E-state index contributed by atoms with van der Waals surface area (Å²) in [5.74, 6) is -1.35. The molecule has 0 atom stereocenters. The van der Waals surface area contributed by atoms with Gasteiger partial charge in [0, 0.05) is 11.3 Å². The van der Waals surface area contributed by atoms with Crippen molar-refractivity contribution in [3.8, 4) is 0 Å². The van der Waals surface area contributed by atoms with Crippen molar-refractivity contribution in [2.45, 2.75) is 13.5 Å². The molecule has 9 heteroatoms. The van der Waals surface area contributed by atoms with Crippen molar-refractivity contribution in [2.24, 2.45) is 0 Å². The standard InChI is InChI=1S/C24H21N3O5S/c1-15-8-10-18(13-21(15)26-33(2,31)32)25-22(28)17-9-11-19-20(12-17)24(30)27(23(19)29)14-16-6-4-3-5-7-16/h3-13,26H,14H2,1-2H3,(H,25,28). The summed E-state index contributed by atoms with van der Waals surface area (Å²) in [7, 11) is -3.48. The molecule has 3 aromatic rings. The highest BCUT2D eigenvalue weighted by Gasteiger charge is 2.36. The lowest BCUT2D eigenvalue weighted by atomic mass is 10.1. The molecule has 1 aliphatic rings. The average molecular weight is 464 g/mol. The number of hydrogen-bond acceptors (Lipinski definition) is 5. The van der Waals surface area contributed by atoms with Crippen molar-refractivity contribution < 1.29 is 22.8 Å². The Bertz CT molecular complexity index is 1380. The van der Waals surface area contributed by atoms with E-state index in [1.54, 1.807) is 19.1 Å². The van der Waals surface area contributed by atoms with E-state index < -0.39 is 27.7 Å². The lowest BCUT2D eigenvalue weighted by Crippen LogP contribution is -2.29. The van der Waals surface area contributed by atoms with E-state index >= 15 is 0 Å². The number of rotatable bonds is 6. The van der Waals surface area contributed by atoms with Crippen LogP contribution in [0.1, 0.15) is 42.2 Å². The first-order valence-electron chi connectivity index (χ1n) is 10.1. The number of imide groups is 1. The van der Waals surface area contributed by atoms with Gasteiger partial charge in [0.2, 0.25) is 10.0 Å². The van der Waals surface area contributed by atoms with Gasteiger partial charge in [-0.1, -0.05) is 36.4 Å². The number of amides is 3. The van der Waals surface area contributed by atoms with Gasteiger partial charge in [0.15, 0.2) is 0 Å². The number of benzene rings is 3. The van der Waals surface area contributed by atoms with Gasteiger partial charge in [-0.15, -0.1) is 0 Å². The van der Waals surface area contributed by atoms with Crippen LogP contribution >= 0.6 is 0 Å². The highest BCUT2D eigenvalue weighted by molar-refractivity contribution is 7.92. The van der Waals surface area contributed by atoms with Crippen molar-refractivity contribution in [3.05, 3.63) is 94.5 Å². The van der Waals surface area contributed by atoms with E-state index in [0.717, 1.165) is 16.7 Å². The minimum absolute atomic E-state index is 0.147. The van der Waals surface area contributed by atoms with Crippen LogP contribution in [0.2, 0.25) is 0 Å². The van der Waals surface area contributed by atoms with Gasteiger partial charge in [-0.05, 0) is 48.4 Å². The van der Waals surface area contributed by atoms with E-state index in [9.17, 15) is 22.8 Å². The molecule has 168 valence electrons. The number of sulfonamides is 1. The van der Waals surface area contributed by atoms with E-state index in [2.05, 4.69) is 10.0 Å². The zero-order valence-corrected chi connectivity index (χ0v) is 18.8. The molecule has 1 aliphatic heterocycles. The van der Waals surface area contributed by atoms with Crippen molar-refractivity contribution in [3.63, 3.8) is 0 Å². The number of carbonyl (C=O) groups excluding carboxylic acids is 3. The van der Waals surface area contributed by atoms with Crippen LogP contribution in [0.3, 0.4) is 0 Å². The summed E-state index contributed by atoms with van der Waals surface area (Å²) in [5, 5.41) is 2.70. The number of aryl methyl sites for hydroxylation is 1. The van der Waals surface area contributed by atoms with E-state index in [0.29, 0.717) is 16.9 Å². The van der Waals surface area contributed by atoms with E-state index in [-0.39, 0.29) is 23.2 Å². The second-order valence-electron chi connectivity index (χ2n) is 7.80. The topological polar surface area (TPSA) is 113 Å². The molecule has 0 fully saturated rings. The number of anilines is 2. The number of fused-ring (bicyclic) bond motifs is 1. The summed E-state index contributed by atoms with van der Waals surface area (Å²) < 4.78 is 25.5. The summed E-state index contributed by atoms with van der Waals surface area (Å²) in [6, 6.07) is 18.4. The maximum absolute atomic E-state index is 12.9. The zero-order chi connectivity index (χ0) is 23.8. The summed E-state index contributed by atoms with van der Waals surface area (Å²) in [5.41, 5.74) is 2.87. The van der Waals surface area contributed by atoms with Crippen LogP contribution in [0.4, 0.5) is 11.4 Å². The van der Waals surface area contributed by atoms with Crippen molar-refractivity contribution in [1.82, 2.24) is 4.90 Å². The zero-order valence-electron chi connectivity index (χ0n) is 18.0. The van der Waals surface area contributed by atoms with Gasteiger partial charge in [0.1, 0.15) is 0 Å². The second kappa shape index (κ2) is 8.51. The normalized spacial score (nSPS) is 13.1. The molecule has 8 nitrogen and oxygen atoms in total. The van der Waals surface area contributed by atoms with Crippen LogP contribution in [-0.4, -0.2) is 37.3 Å². The first-order chi connectivity index (χ1) is 15.6. The van der Waals surface area contributed by atoms with Crippen LogP contribution in [0.15, 0.2) is 66.7 Å². The largest absolute Gasteiger partial charge is 0.322 e. The van der Waals surface area contributed by atoms with E-state index in [1.165, 1.54) is 24.3 Å². The summed E-state index contributed by atoms with van der Waals surface area (Å²) >= 11 is 0.